The molecule has 0 saturated heterocycles. The molecule has 2 N–H and O–H groups in total. The summed E-state index contributed by atoms with van der Waals surface area (Å²) in [5.74, 6) is 3.61. The molecule has 16 heavy (non-hydrogen) atoms. The van der Waals surface area contributed by atoms with Gasteiger partial charge in [-0.25, -0.2) is 15.0 Å². The number of rotatable bonds is 2. The molecule has 2 aromatic rings. The number of imidazole rings is 1. The van der Waals surface area contributed by atoms with Crippen molar-refractivity contribution in [3.05, 3.63) is 30.1 Å². The molecule has 1 fully saturated rings. The average Bonchev–Trinajstić information content (AvgIpc) is 3.01. The van der Waals surface area contributed by atoms with Crippen LogP contribution in [0.5, 0.6) is 0 Å². The normalized spacial score (nSPS) is 15.3. The van der Waals surface area contributed by atoms with Gasteiger partial charge in [0.15, 0.2) is 0 Å². The molecule has 0 aromatic carbocycles. The maximum atomic E-state index is 5.80. The lowest BCUT2D eigenvalue weighted by molar-refractivity contribution is 0.864. The van der Waals surface area contributed by atoms with Crippen LogP contribution in [0.15, 0.2) is 18.5 Å². The van der Waals surface area contributed by atoms with E-state index in [9.17, 15) is 0 Å². The van der Waals surface area contributed by atoms with Crippen molar-refractivity contribution in [3.8, 4) is 5.82 Å². The van der Waals surface area contributed by atoms with Gasteiger partial charge in [0.1, 0.15) is 23.3 Å². The minimum atomic E-state index is 0.506. The highest BCUT2D eigenvalue weighted by Crippen LogP contribution is 2.38. The van der Waals surface area contributed by atoms with Gasteiger partial charge in [-0.3, -0.25) is 4.57 Å². The molecule has 5 heteroatoms. The van der Waals surface area contributed by atoms with E-state index in [2.05, 4.69) is 15.0 Å². The Kier molecular flexibility index (Phi) is 1.92. The Morgan fingerprint density at radius 3 is 2.81 bits per heavy atom. The predicted molar refractivity (Wildman–Crippen MR) is 60.3 cm³/mol. The first-order valence-corrected chi connectivity index (χ1v) is 5.39. The molecule has 0 unspecified atom stereocenters. The van der Waals surface area contributed by atoms with Crippen LogP contribution in [0.25, 0.3) is 5.82 Å². The number of nitrogens with zero attached hydrogens (tertiary/aromatic N) is 4. The van der Waals surface area contributed by atoms with Crippen LogP contribution in [0.4, 0.5) is 5.82 Å². The molecule has 0 spiro atoms. The van der Waals surface area contributed by atoms with Crippen molar-refractivity contribution < 1.29 is 0 Å². The third kappa shape index (κ3) is 1.54. The first kappa shape index (κ1) is 9.33. The average molecular weight is 215 g/mol. The molecule has 0 aliphatic heterocycles. The Balaban J connectivity index is 2.10. The van der Waals surface area contributed by atoms with Crippen LogP contribution >= 0.6 is 0 Å². The molecule has 2 heterocycles. The van der Waals surface area contributed by atoms with Gasteiger partial charge < -0.3 is 5.73 Å². The molecule has 2 aromatic heterocycles. The van der Waals surface area contributed by atoms with Crippen LogP contribution in [0.3, 0.4) is 0 Å². The lowest BCUT2D eigenvalue weighted by Gasteiger charge is -2.06. The van der Waals surface area contributed by atoms with E-state index in [-0.39, 0.29) is 0 Å². The molecule has 1 aliphatic carbocycles. The molecule has 1 saturated carbocycles. The minimum Gasteiger partial charge on any atom is -0.384 e. The van der Waals surface area contributed by atoms with E-state index in [0.29, 0.717) is 11.7 Å². The summed E-state index contributed by atoms with van der Waals surface area (Å²) in [4.78, 5) is 13.0. The topological polar surface area (TPSA) is 69.6 Å². The van der Waals surface area contributed by atoms with Gasteiger partial charge in [0.25, 0.3) is 0 Å². The van der Waals surface area contributed by atoms with Crippen molar-refractivity contribution >= 4 is 5.82 Å². The SMILES string of the molecule is Cc1nccn1-c1cc(N)nc(C2CC2)n1. The Labute approximate surface area is 93.4 Å². The minimum absolute atomic E-state index is 0.506. The summed E-state index contributed by atoms with van der Waals surface area (Å²) in [6.07, 6.45) is 5.98. The van der Waals surface area contributed by atoms with Gasteiger partial charge in [-0.1, -0.05) is 0 Å². The molecule has 1 aliphatic rings. The molecule has 0 radical (unpaired) electrons. The van der Waals surface area contributed by atoms with E-state index in [1.54, 1.807) is 12.3 Å². The van der Waals surface area contributed by atoms with E-state index < -0.39 is 0 Å². The highest BCUT2D eigenvalue weighted by molar-refractivity contribution is 5.39. The van der Waals surface area contributed by atoms with Crippen molar-refractivity contribution in [1.29, 1.82) is 0 Å². The van der Waals surface area contributed by atoms with Crippen molar-refractivity contribution in [2.24, 2.45) is 0 Å². The summed E-state index contributed by atoms with van der Waals surface area (Å²) in [6, 6.07) is 1.78. The Bertz CT molecular complexity index is 527. The van der Waals surface area contributed by atoms with Gasteiger partial charge in [-0.05, 0) is 19.8 Å². The van der Waals surface area contributed by atoms with E-state index in [0.717, 1.165) is 17.5 Å². The first-order chi connectivity index (χ1) is 7.74. The molecule has 5 nitrogen and oxygen atoms in total. The summed E-state index contributed by atoms with van der Waals surface area (Å²) in [5, 5.41) is 0. The van der Waals surface area contributed by atoms with Crippen molar-refractivity contribution in [2.45, 2.75) is 25.7 Å². The fourth-order valence-electron chi connectivity index (χ4n) is 1.74. The zero-order valence-corrected chi connectivity index (χ0v) is 9.09. The van der Waals surface area contributed by atoms with E-state index in [1.807, 2.05) is 17.7 Å². The second-order valence-electron chi connectivity index (χ2n) is 4.13. The predicted octanol–water partition coefficient (Wildman–Crippen LogP) is 1.43. The van der Waals surface area contributed by atoms with E-state index in [4.69, 9.17) is 5.73 Å². The maximum Gasteiger partial charge on any atom is 0.143 e. The van der Waals surface area contributed by atoms with Gasteiger partial charge in [0.05, 0.1) is 0 Å². The number of hydrogen-bond donors (Lipinski definition) is 1. The molecule has 82 valence electrons. The summed E-state index contributed by atoms with van der Waals surface area (Å²) in [5.41, 5.74) is 5.80. The van der Waals surface area contributed by atoms with Crippen molar-refractivity contribution in [1.82, 2.24) is 19.5 Å². The fourth-order valence-corrected chi connectivity index (χ4v) is 1.74. The molecule has 3 rings (SSSR count). The van der Waals surface area contributed by atoms with Gasteiger partial charge >= 0.3 is 0 Å². The Morgan fingerprint density at radius 1 is 1.38 bits per heavy atom. The van der Waals surface area contributed by atoms with Crippen LogP contribution in [-0.2, 0) is 0 Å². The van der Waals surface area contributed by atoms with E-state index >= 15 is 0 Å². The van der Waals surface area contributed by atoms with Gasteiger partial charge in [-0.2, -0.15) is 0 Å². The molecule has 0 bridgehead atoms. The quantitative estimate of drug-likeness (QED) is 0.822. The van der Waals surface area contributed by atoms with Crippen LogP contribution in [0, 0.1) is 6.92 Å². The van der Waals surface area contributed by atoms with Crippen LogP contribution < -0.4 is 5.73 Å². The monoisotopic (exact) mass is 215 g/mol. The summed E-state index contributed by atoms with van der Waals surface area (Å²) < 4.78 is 1.92. The molecular formula is C11H13N5. The fraction of sp³-hybridized carbons (Fsp3) is 0.364. The highest BCUT2D eigenvalue weighted by Gasteiger charge is 2.27. The van der Waals surface area contributed by atoms with Gasteiger partial charge in [-0.15, -0.1) is 0 Å². The number of aromatic nitrogens is 4. The second-order valence-corrected chi connectivity index (χ2v) is 4.13. The number of aryl methyl sites for hydroxylation is 1. The van der Waals surface area contributed by atoms with Gasteiger partial charge in [0, 0.05) is 24.4 Å². The molecule has 0 atom stereocenters. The van der Waals surface area contributed by atoms with Crippen LogP contribution in [-0.4, -0.2) is 19.5 Å². The van der Waals surface area contributed by atoms with Crippen molar-refractivity contribution in [3.63, 3.8) is 0 Å². The lowest BCUT2D eigenvalue weighted by Crippen LogP contribution is -2.05. The van der Waals surface area contributed by atoms with E-state index in [1.165, 1.54) is 12.8 Å². The zero-order chi connectivity index (χ0) is 11.1. The maximum absolute atomic E-state index is 5.80. The summed E-state index contributed by atoms with van der Waals surface area (Å²) in [6.45, 7) is 1.94. The summed E-state index contributed by atoms with van der Waals surface area (Å²) >= 11 is 0. The van der Waals surface area contributed by atoms with Gasteiger partial charge in [0.2, 0.25) is 0 Å². The standard InChI is InChI=1S/C11H13N5/c1-7-13-4-5-16(7)10-6-9(12)14-11(15-10)8-2-3-8/h4-6,8H,2-3H2,1H3,(H2,12,14,15). The third-order valence-electron chi connectivity index (χ3n) is 2.76. The second kappa shape index (κ2) is 3.30. The largest absolute Gasteiger partial charge is 0.384 e. The molecule has 0 amide bonds. The first-order valence-electron chi connectivity index (χ1n) is 5.39. The van der Waals surface area contributed by atoms with Crippen molar-refractivity contribution in [2.75, 3.05) is 5.73 Å². The van der Waals surface area contributed by atoms with Crippen LogP contribution in [0.1, 0.15) is 30.4 Å². The smallest absolute Gasteiger partial charge is 0.143 e. The summed E-state index contributed by atoms with van der Waals surface area (Å²) in [7, 11) is 0. The Morgan fingerprint density at radius 2 is 2.19 bits per heavy atom. The Hall–Kier alpha value is -1.91. The zero-order valence-electron chi connectivity index (χ0n) is 9.09. The number of nitrogens with two attached hydrogens (primary N) is 1. The lowest BCUT2D eigenvalue weighted by atomic mass is 10.3. The number of anilines is 1. The third-order valence-corrected chi connectivity index (χ3v) is 2.76. The number of hydrogen-bond acceptors (Lipinski definition) is 4. The molecular weight excluding hydrogens is 202 g/mol. The highest BCUT2D eigenvalue weighted by atomic mass is 15.1. The number of nitrogen functional groups attached to an aromatic ring is 1. The van der Waals surface area contributed by atoms with Crippen LogP contribution in [0.2, 0.25) is 0 Å².